The van der Waals surface area contributed by atoms with Gasteiger partial charge in [0.05, 0.1) is 0 Å². The summed E-state index contributed by atoms with van der Waals surface area (Å²) in [6, 6.07) is 3.52. The van der Waals surface area contributed by atoms with Crippen molar-refractivity contribution in [3.8, 4) is 11.5 Å². The van der Waals surface area contributed by atoms with Crippen LogP contribution in [0.4, 0.5) is 43.9 Å². The Morgan fingerprint density at radius 1 is 0.871 bits per heavy atom. The fourth-order valence-electron chi connectivity index (χ4n) is 3.19. The molecule has 3 aromatic rings. The van der Waals surface area contributed by atoms with E-state index in [-0.39, 0.29) is 30.4 Å². The average Bonchev–Trinajstić information content (AvgIpc) is 3.01. The molecule has 2 N–H and O–H groups in total. The van der Waals surface area contributed by atoms with Crippen LogP contribution in [0.5, 0.6) is 0 Å². The number of anilines is 3. The highest BCUT2D eigenvalue weighted by atomic mass is 19.3. The predicted molar refractivity (Wildman–Crippen MR) is 98.8 cm³/mol. The van der Waals surface area contributed by atoms with Gasteiger partial charge in [0.2, 0.25) is 23.8 Å². The van der Waals surface area contributed by atoms with Crippen molar-refractivity contribution in [2.45, 2.75) is 31.2 Å². The van der Waals surface area contributed by atoms with Crippen molar-refractivity contribution >= 4 is 17.6 Å². The van der Waals surface area contributed by atoms with Crippen molar-refractivity contribution in [1.82, 2.24) is 19.9 Å². The summed E-state index contributed by atoms with van der Waals surface area (Å²) in [6.07, 6.45) is -0.646. The minimum absolute atomic E-state index is 0.0688. The molecule has 1 fully saturated rings. The van der Waals surface area contributed by atoms with Crippen molar-refractivity contribution in [1.29, 1.82) is 0 Å². The van der Waals surface area contributed by atoms with E-state index in [4.69, 9.17) is 0 Å². The van der Waals surface area contributed by atoms with Gasteiger partial charge in [0, 0.05) is 30.6 Å². The van der Waals surface area contributed by atoms with E-state index in [9.17, 15) is 26.3 Å². The lowest BCUT2D eigenvalue weighted by Crippen LogP contribution is -2.21. The number of alkyl halides is 2. The lowest BCUT2D eigenvalue weighted by molar-refractivity contribution is 0.00851. The number of nitrogens with zero attached hydrogens (tertiary/aromatic N) is 4. The SMILES string of the molecule is Fc1cc(F)cc(Nc2nc(NC3CCC(F)(F)C3)nc(-c3nc(F)ccc3F)n2)c1. The van der Waals surface area contributed by atoms with Crippen LogP contribution < -0.4 is 10.6 Å². The standard InChI is InChI=1S/C19H14F6N6/c20-9-5-10(21)7-12(6-9)27-18-30-16(15-13(22)1-2-14(23)28-15)29-17(31-18)26-11-3-4-19(24,25)8-11/h1-2,5-7,11H,3-4,8H2,(H2,26,27,29,30,31). The molecule has 2 heterocycles. The molecule has 0 radical (unpaired) electrons. The number of halogens is 6. The zero-order chi connectivity index (χ0) is 22.2. The van der Waals surface area contributed by atoms with Crippen molar-refractivity contribution in [2.24, 2.45) is 0 Å². The van der Waals surface area contributed by atoms with Crippen LogP contribution in [0.25, 0.3) is 11.5 Å². The molecule has 1 aliphatic carbocycles. The van der Waals surface area contributed by atoms with E-state index in [1.54, 1.807) is 0 Å². The molecular weight excluding hydrogens is 426 g/mol. The topological polar surface area (TPSA) is 75.6 Å². The summed E-state index contributed by atoms with van der Waals surface area (Å²) in [5, 5.41) is 5.25. The molecule has 0 aliphatic heterocycles. The summed E-state index contributed by atoms with van der Waals surface area (Å²) in [5.41, 5.74) is -0.614. The Kier molecular flexibility index (Phi) is 5.38. The van der Waals surface area contributed by atoms with Crippen LogP contribution in [0.15, 0.2) is 30.3 Å². The van der Waals surface area contributed by atoms with Crippen molar-refractivity contribution < 1.29 is 26.3 Å². The monoisotopic (exact) mass is 440 g/mol. The predicted octanol–water partition coefficient (Wildman–Crippen LogP) is 4.83. The van der Waals surface area contributed by atoms with Crippen LogP contribution in [0, 0.1) is 23.4 Å². The highest BCUT2D eigenvalue weighted by Gasteiger charge is 2.39. The first-order valence-corrected chi connectivity index (χ1v) is 9.13. The first-order chi connectivity index (χ1) is 14.7. The van der Waals surface area contributed by atoms with Crippen LogP contribution in [0.3, 0.4) is 0 Å². The van der Waals surface area contributed by atoms with Gasteiger partial charge in [-0.2, -0.15) is 19.3 Å². The largest absolute Gasteiger partial charge is 0.351 e. The fourth-order valence-corrected chi connectivity index (χ4v) is 3.19. The number of pyridine rings is 1. The molecule has 12 heteroatoms. The van der Waals surface area contributed by atoms with Gasteiger partial charge in [0.25, 0.3) is 0 Å². The molecule has 1 atom stereocenters. The van der Waals surface area contributed by atoms with Gasteiger partial charge in [0.1, 0.15) is 17.3 Å². The van der Waals surface area contributed by atoms with E-state index in [1.807, 2.05) is 0 Å². The summed E-state index contributed by atoms with van der Waals surface area (Å²) in [5.74, 6) is -7.42. The Labute approximate surface area is 171 Å². The number of hydrogen-bond donors (Lipinski definition) is 2. The van der Waals surface area contributed by atoms with Gasteiger partial charge in [-0.25, -0.2) is 26.9 Å². The van der Waals surface area contributed by atoms with Gasteiger partial charge in [-0.3, -0.25) is 0 Å². The lowest BCUT2D eigenvalue weighted by atomic mass is 10.2. The molecule has 1 aromatic carbocycles. The van der Waals surface area contributed by atoms with E-state index >= 15 is 0 Å². The molecule has 0 spiro atoms. The van der Waals surface area contributed by atoms with Crippen LogP contribution in [0.1, 0.15) is 19.3 Å². The molecule has 0 saturated heterocycles. The molecule has 1 aliphatic rings. The Morgan fingerprint density at radius 2 is 1.58 bits per heavy atom. The first kappa shape index (κ1) is 20.8. The number of nitrogens with one attached hydrogen (secondary N) is 2. The lowest BCUT2D eigenvalue weighted by Gasteiger charge is -2.15. The number of rotatable bonds is 5. The molecule has 0 amide bonds. The number of hydrogen-bond acceptors (Lipinski definition) is 6. The van der Waals surface area contributed by atoms with Crippen LogP contribution in [-0.2, 0) is 0 Å². The summed E-state index contributed by atoms with van der Waals surface area (Å²) >= 11 is 0. The summed E-state index contributed by atoms with van der Waals surface area (Å²) in [6.45, 7) is 0. The van der Waals surface area contributed by atoms with E-state index in [0.29, 0.717) is 6.07 Å². The second kappa shape index (κ2) is 8.00. The van der Waals surface area contributed by atoms with Gasteiger partial charge in [-0.15, -0.1) is 0 Å². The van der Waals surface area contributed by atoms with Gasteiger partial charge in [0.15, 0.2) is 11.6 Å². The average molecular weight is 440 g/mol. The van der Waals surface area contributed by atoms with E-state index in [0.717, 1.165) is 24.3 Å². The molecule has 31 heavy (non-hydrogen) atoms. The molecular formula is C19H14F6N6. The molecule has 162 valence electrons. The third-order valence-electron chi connectivity index (χ3n) is 4.51. The quantitative estimate of drug-likeness (QED) is 0.437. The number of aromatic nitrogens is 4. The van der Waals surface area contributed by atoms with Crippen molar-refractivity contribution in [2.75, 3.05) is 10.6 Å². The summed E-state index contributed by atoms with van der Waals surface area (Å²) in [4.78, 5) is 15.3. The van der Waals surface area contributed by atoms with E-state index < -0.39 is 53.3 Å². The minimum atomic E-state index is -2.84. The van der Waals surface area contributed by atoms with Gasteiger partial charge < -0.3 is 10.6 Å². The van der Waals surface area contributed by atoms with Crippen LogP contribution in [0.2, 0.25) is 0 Å². The van der Waals surface area contributed by atoms with E-state index in [2.05, 4.69) is 30.6 Å². The molecule has 2 aromatic heterocycles. The Balaban J connectivity index is 1.72. The molecule has 4 rings (SSSR count). The third kappa shape index (κ3) is 5.01. The van der Waals surface area contributed by atoms with Gasteiger partial charge >= 0.3 is 0 Å². The third-order valence-corrected chi connectivity index (χ3v) is 4.51. The zero-order valence-corrected chi connectivity index (χ0v) is 15.6. The van der Waals surface area contributed by atoms with Gasteiger partial charge in [-0.05, 0) is 30.7 Å². The Bertz CT molecular complexity index is 1100. The summed E-state index contributed by atoms with van der Waals surface area (Å²) in [7, 11) is 0. The highest BCUT2D eigenvalue weighted by molar-refractivity contribution is 5.59. The van der Waals surface area contributed by atoms with Crippen molar-refractivity contribution in [3.05, 3.63) is 53.7 Å². The van der Waals surface area contributed by atoms with Crippen molar-refractivity contribution in [3.63, 3.8) is 0 Å². The molecule has 1 unspecified atom stereocenters. The maximum absolute atomic E-state index is 14.2. The highest BCUT2D eigenvalue weighted by Crippen LogP contribution is 2.36. The van der Waals surface area contributed by atoms with Crippen LogP contribution in [-0.4, -0.2) is 31.9 Å². The molecule has 0 bridgehead atoms. The second-order valence-electron chi connectivity index (χ2n) is 6.99. The smallest absolute Gasteiger partial charge is 0.250 e. The normalized spacial score (nSPS) is 17.5. The van der Waals surface area contributed by atoms with Crippen LogP contribution >= 0.6 is 0 Å². The molecule has 1 saturated carbocycles. The number of benzene rings is 1. The summed E-state index contributed by atoms with van der Waals surface area (Å²) < 4.78 is 81.7. The maximum Gasteiger partial charge on any atom is 0.250 e. The zero-order valence-electron chi connectivity index (χ0n) is 15.6. The minimum Gasteiger partial charge on any atom is -0.351 e. The fraction of sp³-hybridized carbons (Fsp3) is 0.263. The Morgan fingerprint density at radius 3 is 2.26 bits per heavy atom. The van der Waals surface area contributed by atoms with E-state index in [1.165, 1.54) is 0 Å². The first-order valence-electron chi connectivity index (χ1n) is 9.13. The Hall–Kier alpha value is -3.44. The maximum atomic E-state index is 14.2. The molecule has 6 nitrogen and oxygen atoms in total. The second-order valence-corrected chi connectivity index (χ2v) is 6.99. The van der Waals surface area contributed by atoms with Gasteiger partial charge in [-0.1, -0.05) is 0 Å².